The molecule has 0 aliphatic heterocycles. The van der Waals surface area contributed by atoms with Gasteiger partial charge < -0.3 is 20.3 Å². The number of ether oxygens (including phenoxy) is 1. The minimum absolute atomic E-state index is 0.235. The first-order valence-electron chi connectivity index (χ1n) is 12.8. The number of anilines is 3. The van der Waals surface area contributed by atoms with Gasteiger partial charge in [0.15, 0.2) is 17.2 Å². The summed E-state index contributed by atoms with van der Waals surface area (Å²) < 4.78 is 6.94. The Hall–Kier alpha value is -4.60. The Morgan fingerprint density at radius 1 is 0.951 bits per heavy atom. The van der Waals surface area contributed by atoms with E-state index in [1.54, 1.807) is 53.9 Å². The van der Waals surface area contributed by atoms with Crippen molar-refractivity contribution in [2.45, 2.75) is 13.5 Å². The highest BCUT2D eigenvalue weighted by Gasteiger charge is 2.20. The molecule has 0 spiro atoms. The van der Waals surface area contributed by atoms with Gasteiger partial charge >= 0.3 is 12.0 Å². The molecule has 0 aliphatic carbocycles. The van der Waals surface area contributed by atoms with E-state index in [0.717, 1.165) is 11.1 Å². The Morgan fingerprint density at radius 3 is 2.34 bits per heavy atom. The fourth-order valence-corrected chi connectivity index (χ4v) is 4.50. The molecule has 0 fully saturated rings. The fraction of sp³-hybridized carbons (Fsp3) is 0.133. The van der Waals surface area contributed by atoms with E-state index < -0.39 is 12.0 Å². The maximum absolute atomic E-state index is 12.7. The van der Waals surface area contributed by atoms with Crippen LogP contribution in [0.1, 0.15) is 23.0 Å². The van der Waals surface area contributed by atoms with Crippen molar-refractivity contribution in [3.8, 4) is 11.3 Å². The maximum Gasteiger partial charge on any atom is 0.356 e. The average molecular weight is 589 g/mol. The lowest BCUT2D eigenvalue weighted by Crippen LogP contribution is -2.20. The lowest BCUT2D eigenvalue weighted by molar-refractivity contribution is 0.0518. The van der Waals surface area contributed by atoms with E-state index in [1.807, 2.05) is 48.3 Å². The quantitative estimate of drug-likeness (QED) is 0.186. The fourth-order valence-electron chi connectivity index (χ4n) is 4.24. The van der Waals surface area contributed by atoms with Gasteiger partial charge in [0.1, 0.15) is 0 Å². The summed E-state index contributed by atoms with van der Waals surface area (Å²) in [4.78, 5) is 36.7. The Bertz CT molecular complexity index is 1700. The van der Waals surface area contributed by atoms with Gasteiger partial charge in [-0.2, -0.15) is 0 Å². The predicted molar refractivity (Wildman–Crippen MR) is 162 cm³/mol. The number of hydrogen-bond donors (Lipinski definition) is 2. The molecule has 2 amide bonds. The van der Waals surface area contributed by atoms with Crippen LogP contribution in [-0.4, -0.2) is 40.0 Å². The van der Waals surface area contributed by atoms with E-state index in [1.165, 1.54) is 6.20 Å². The van der Waals surface area contributed by atoms with Crippen LogP contribution in [0.15, 0.2) is 85.2 Å². The van der Waals surface area contributed by atoms with Gasteiger partial charge in [-0.25, -0.2) is 19.6 Å². The third-order valence-corrected chi connectivity index (χ3v) is 6.68. The zero-order valence-electron chi connectivity index (χ0n) is 22.3. The molecule has 11 heteroatoms. The van der Waals surface area contributed by atoms with Gasteiger partial charge in [-0.1, -0.05) is 47.5 Å². The molecule has 0 saturated carbocycles. The second-order valence-corrected chi connectivity index (χ2v) is 10.0. The number of aromatic nitrogens is 3. The molecule has 41 heavy (non-hydrogen) atoms. The molecule has 2 aromatic heterocycles. The zero-order valence-corrected chi connectivity index (χ0v) is 23.8. The van der Waals surface area contributed by atoms with Crippen molar-refractivity contribution in [1.82, 2.24) is 14.4 Å². The van der Waals surface area contributed by atoms with E-state index in [4.69, 9.17) is 32.9 Å². The number of imidazole rings is 1. The maximum atomic E-state index is 12.7. The normalized spacial score (nSPS) is 10.8. The van der Waals surface area contributed by atoms with Crippen LogP contribution < -0.4 is 15.5 Å². The minimum Gasteiger partial charge on any atom is -0.461 e. The first-order valence-corrected chi connectivity index (χ1v) is 13.5. The minimum atomic E-state index is -0.488. The zero-order chi connectivity index (χ0) is 28.9. The van der Waals surface area contributed by atoms with Crippen LogP contribution in [0.25, 0.3) is 16.9 Å². The number of urea groups is 1. The second kappa shape index (κ2) is 12.3. The van der Waals surface area contributed by atoms with Crippen molar-refractivity contribution in [2.24, 2.45) is 0 Å². The van der Waals surface area contributed by atoms with Gasteiger partial charge in [-0.15, -0.1) is 0 Å². The van der Waals surface area contributed by atoms with Gasteiger partial charge in [-0.3, -0.25) is 4.40 Å². The monoisotopic (exact) mass is 588 g/mol. The summed E-state index contributed by atoms with van der Waals surface area (Å²) >= 11 is 12.0. The number of fused-ring (bicyclic) bond motifs is 1. The largest absolute Gasteiger partial charge is 0.461 e. The van der Waals surface area contributed by atoms with Crippen LogP contribution in [0.2, 0.25) is 10.0 Å². The summed E-state index contributed by atoms with van der Waals surface area (Å²) in [5.74, 6) is 0.0737. The summed E-state index contributed by atoms with van der Waals surface area (Å²) in [7, 11) is 1.90. The van der Waals surface area contributed by atoms with Gasteiger partial charge in [0, 0.05) is 46.8 Å². The molecule has 0 unspecified atom stereocenters. The molecule has 5 aromatic rings. The van der Waals surface area contributed by atoms with Crippen LogP contribution in [0.3, 0.4) is 0 Å². The summed E-state index contributed by atoms with van der Waals surface area (Å²) in [6.45, 7) is 2.51. The van der Waals surface area contributed by atoms with E-state index in [0.29, 0.717) is 45.1 Å². The molecule has 3 aromatic carbocycles. The number of halogens is 2. The van der Waals surface area contributed by atoms with Crippen molar-refractivity contribution in [2.75, 3.05) is 29.2 Å². The summed E-state index contributed by atoms with van der Waals surface area (Å²) in [5, 5.41) is 6.85. The van der Waals surface area contributed by atoms with Crippen LogP contribution in [0.4, 0.5) is 22.0 Å². The van der Waals surface area contributed by atoms with Crippen molar-refractivity contribution in [1.29, 1.82) is 0 Å². The van der Waals surface area contributed by atoms with Gasteiger partial charge in [-0.05, 0) is 61.0 Å². The van der Waals surface area contributed by atoms with Crippen molar-refractivity contribution < 1.29 is 14.3 Å². The number of hydrogen-bond acceptors (Lipinski definition) is 6. The van der Waals surface area contributed by atoms with Gasteiger partial charge in [0.05, 0.1) is 18.5 Å². The predicted octanol–water partition coefficient (Wildman–Crippen LogP) is 7.16. The number of nitrogens with one attached hydrogen (secondary N) is 2. The molecular formula is C30H26Cl2N6O3. The van der Waals surface area contributed by atoms with Crippen LogP contribution >= 0.6 is 23.2 Å². The molecule has 0 bridgehead atoms. The Balaban J connectivity index is 1.49. The topological polar surface area (TPSA) is 101 Å². The molecule has 0 atom stereocenters. The highest BCUT2D eigenvalue weighted by atomic mass is 35.5. The highest BCUT2D eigenvalue weighted by molar-refractivity contribution is 6.30. The molecule has 9 nitrogen and oxygen atoms in total. The molecule has 2 N–H and O–H groups in total. The number of carbonyl (C=O) groups excluding carboxylic acids is 2. The van der Waals surface area contributed by atoms with E-state index in [9.17, 15) is 9.59 Å². The Morgan fingerprint density at radius 2 is 1.63 bits per heavy atom. The Labute approximate surface area is 246 Å². The molecule has 0 saturated heterocycles. The summed E-state index contributed by atoms with van der Waals surface area (Å²) in [5.41, 5.74) is 4.27. The lowest BCUT2D eigenvalue weighted by atomic mass is 10.1. The lowest BCUT2D eigenvalue weighted by Gasteiger charge is -2.20. The summed E-state index contributed by atoms with van der Waals surface area (Å²) in [6, 6.07) is 21.2. The van der Waals surface area contributed by atoms with Crippen LogP contribution in [0.5, 0.6) is 0 Å². The standard InChI is InChI=1S/C30H26Cl2N6O3/c1-3-41-29(39)26-16-33-27-28(37(2)17-19-7-9-21(31)10-8-19)36-25(18-38(26)27)20-5-4-6-24(15-20)35-30(40)34-23-13-11-22(32)12-14-23/h4-16,18H,3,17H2,1-2H3,(H2,34,35,40). The second-order valence-electron chi connectivity index (χ2n) is 9.16. The SMILES string of the molecule is CCOC(=O)c1cnc2c(N(C)Cc3ccc(Cl)cc3)nc(-c3cccc(NC(=O)Nc4ccc(Cl)cc4)c3)cn12. The molecular weight excluding hydrogens is 563 g/mol. The molecule has 0 radical (unpaired) electrons. The smallest absolute Gasteiger partial charge is 0.356 e. The summed E-state index contributed by atoms with van der Waals surface area (Å²) in [6.07, 6.45) is 3.22. The van der Waals surface area contributed by atoms with Crippen LogP contribution in [-0.2, 0) is 11.3 Å². The molecule has 2 heterocycles. The molecule has 5 rings (SSSR count). The number of benzene rings is 3. The third-order valence-electron chi connectivity index (χ3n) is 6.17. The molecule has 0 aliphatic rings. The van der Waals surface area contributed by atoms with Crippen molar-refractivity contribution in [3.05, 3.63) is 106 Å². The number of esters is 1. The van der Waals surface area contributed by atoms with Crippen molar-refractivity contribution >= 4 is 58.0 Å². The number of carbonyl (C=O) groups is 2. The first-order chi connectivity index (χ1) is 19.8. The Kier molecular flexibility index (Phi) is 8.37. The van der Waals surface area contributed by atoms with Crippen molar-refractivity contribution in [3.63, 3.8) is 0 Å². The van der Waals surface area contributed by atoms with E-state index in [-0.39, 0.29) is 12.3 Å². The van der Waals surface area contributed by atoms with Gasteiger partial charge in [0.25, 0.3) is 0 Å². The van der Waals surface area contributed by atoms with Crippen LogP contribution in [0, 0.1) is 0 Å². The number of amides is 2. The number of rotatable bonds is 8. The highest BCUT2D eigenvalue weighted by Crippen LogP contribution is 2.28. The average Bonchev–Trinajstić information content (AvgIpc) is 3.39. The number of nitrogens with zero attached hydrogens (tertiary/aromatic N) is 4. The molecule has 208 valence electrons. The third kappa shape index (κ3) is 6.59. The van der Waals surface area contributed by atoms with E-state index >= 15 is 0 Å². The first kappa shape index (κ1) is 27.9. The van der Waals surface area contributed by atoms with E-state index in [2.05, 4.69) is 15.6 Å². The van der Waals surface area contributed by atoms with Gasteiger partial charge in [0.2, 0.25) is 0 Å².